The Morgan fingerprint density at radius 2 is 2.15 bits per heavy atom. The van der Waals surface area contributed by atoms with E-state index in [2.05, 4.69) is 15.0 Å². The molecule has 1 fully saturated rings. The van der Waals surface area contributed by atoms with E-state index < -0.39 is 5.97 Å². The van der Waals surface area contributed by atoms with E-state index in [1.165, 1.54) is 0 Å². The summed E-state index contributed by atoms with van der Waals surface area (Å²) in [6, 6.07) is 10.5. The van der Waals surface area contributed by atoms with Crippen molar-refractivity contribution in [2.24, 2.45) is 0 Å². The summed E-state index contributed by atoms with van der Waals surface area (Å²) in [6.07, 6.45) is -0.262. The molecule has 0 bridgehead atoms. The van der Waals surface area contributed by atoms with Gasteiger partial charge in [0.15, 0.2) is 5.82 Å². The SMILES string of the molecule is Cc1noc(C2CN(Cc3ccc(-c4ccccc4C(=O)O)o3)CCO2)n1. The van der Waals surface area contributed by atoms with Crippen LogP contribution in [0.3, 0.4) is 0 Å². The molecule has 1 saturated heterocycles. The number of morpholine rings is 1. The fourth-order valence-corrected chi connectivity index (χ4v) is 3.15. The van der Waals surface area contributed by atoms with Gasteiger partial charge in [0.05, 0.1) is 18.7 Å². The molecular formula is C19H19N3O5. The van der Waals surface area contributed by atoms with E-state index >= 15 is 0 Å². The number of rotatable bonds is 5. The van der Waals surface area contributed by atoms with Gasteiger partial charge in [-0.15, -0.1) is 0 Å². The molecule has 8 nitrogen and oxygen atoms in total. The van der Waals surface area contributed by atoms with Crippen molar-refractivity contribution in [3.63, 3.8) is 0 Å². The number of nitrogens with zero attached hydrogens (tertiary/aromatic N) is 3. The zero-order valence-electron chi connectivity index (χ0n) is 14.8. The molecule has 1 atom stereocenters. The zero-order valence-corrected chi connectivity index (χ0v) is 14.8. The molecule has 1 aliphatic rings. The van der Waals surface area contributed by atoms with Crippen molar-refractivity contribution in [1.29, 1.82) is 0 Å². The van der Waals surface area contributed by atoms with Crippen LogP contribution in [0.1, 0.15) is 33.9 Å². The lowest BCUT2D eigenvalue weighted by Gasteiger charge is -2.30. The highest BCUT2D eigenvalue weighted by Gasteiger charge is 2.27. The minimum absolute atomic E-state index is 0.219. The van der Waals surface area contributed by atoms with E-state index in [-0.39, 0.29) is 11.7 Å². The zero-order chi connectivity index (χ0) is 18.8. The highest BCUT2D eigenvalue weighted by Crippen LogP contribution is 2.27. The Hall–Kier alpha value is -2.97. The molecule has 4 rings (SSSR count). The Balaban J connectivity index is 1.47. The third kappa shape index (κ3) is 3.76. The van der Waals surface area contributed by atoms with E-state index in [1.54, 1.807) is 37.3 Å². The van der Waals surface area contributed by atoms with Crippen molar-refractivity contribution in [3.8, 4) is 11.3 Å². The number of benzene rings is 1. The number of aromatic carboxylic acids is 1. The van der Waals surface area contributed by atoms with Crippen molar-refractivity contribution < 1.29 is 23.6 Å². The molecule has 0 spiro atoms. The minimum Gasteiger partial charge on any atom is -0.478 e. The highest BCUT2D eigenvalue weighted by atomic mass is 16.5. The number of hydrogen-bond acceptors (Lipinski definition) is 7. The molecule has 140 valence electrons. The highest BCUT2D eigenvalue weighted by molar-refractivity contribution is 5.95. The van der Waals surface area contributed by atoms with E-state index in [4.69, 9.17) is 13.7 Å². The van der Waals surface area contributed by atoms with E-state index in [0.29, 0.717) is 42.7 Å². The van der Waals surface area contributed by atoms with Gasteiger partial charge in [0.2, 0.25) is 0 Å². The summed E-state index contributed by atoms with van der Waals surface area (Å²) in [5.74, 6) is 1.38. The molecule has 0 aliphatic carbocycles. The summed E-state index contributed by atoms with van der Waals surface area (Å²) in [7, 11) is 0. The van der Waals surface area contributed by atoms with Gasteiger partial charge in [0.1, 0.15) is 17.6 Å². The summed E-state index contributed by atoms with van der Waals surface area (Å²) < 4.78 is 16.8. The Morgan fingerprint density at radius 3 is 2.93 bits per heavy atom. The predicted octanol–water partition coefficient (Wildman–Crippen LogP) is 2.91. The van der Waals surface area contributed by atoms with E-state index in [1.807, 2.05) is 6.07 Å². The molecule has 1 N–H and O–H groups in total. The monoisotopic (exact) mass is 369 g/mol. The fraction of sp³-hybridized carbons (Fsp3) is 0.316. The van der Waals surface area contributed by atoms with Gasteiger partial charge in [0.25, 0.3) is 5.89 Å². The summed E-state index contributed by atoms with van der Waals surface area (Å²) in [5, 5.41) is 13.2. The quantitative estimate of drug-likeness (QED) is 0.732. The summed E-state index contributed by atoms with van der Waals surface area (Å²) >= 11 is 0. The van der Waals surface area contributed by atoms with Crippen LogP contribution in [-0.2, 0) is 11.3 Å². The van der Waals surface area contributed by atoms with Gasteiger partial charge in [-0.2, -0.15) is 4.98 Å². The van der Waals surface area contributed by atoms with Crippen LogP contribution >= 0.6 is 0 Å². The molecule has 1 aliphatic heterocycles. The Morgan fingerprint density at radius 1 is 1.30 bits per heavy atom. The minimum atomic E-state index is -0.977. The van der Waals surface area contributed by atoms with Crippen LogP contribution in [0, 0.1) is 6.92 Å². The molecule has 3 aromatic rings. The first-order valence-electron chi connectivity index (χ1n) is 8.66. The topological polar surface area (TPSA) is 102 Å². The number of ether oxygens (including phenoxy) is 1. The molecule has 3 heterocycles. The molecule has 2 aromatic heterocycles. The second-order valence-electron chi connectivity index (χ2n) is 6.39. The number of aromatic nitrogens is 2. The van der Waals surface area contributed by atoms with E-state index in [9.17, 15) is 9.90 Å². The van der Waals surface area contributed by atoms with Gasteiger partial charge in [0, 0.05) is 18.7 Å². The summed E-state index contributed by atoms with van der Waals surface area (Å²) in [4.78, 5) is 17.8. The van der Waals surface area contributed by atoms with Crippen molar-refractivity contribution in [2.75, 3.05) is 19.7 Å². The summed E-state index contributed by atoms with van der Waals surface area (Å²) in [6.45, 7) is 4.28. The van der Waals surface area contributed by atoms with Crippen molar-refractivity contribution in [3.05, 3.63) is 59.4 Å². The molecule has 27 heavy (non-hydrogen) atoms. The van der Waals surface area contributed by atoms with Gasteiger partial charge in [-0.05, 0) is 25.1 Å². The maximum atomic E-state index is 11.4. The second kappa shape index (κ2) is 7.34. The predicted molar refractivity (Wildman–Crippen MR) is 94.1 cm³/mol. The lowest BCUT2D eigenvalue weighted by Crippen LogP contribution is -2.37. The van der Waals surface area contributed by atoms with Gasteiger partial charge in [-0.1, -0.05) is 23.4 Å². The van der Waals surface area contributed by atoms with Gasteiger partial charge in [-0.3, -0.25) is 4.90 Å². The smallest absolute Gasteiger partial charge is 0.336 e. The van der Waals surface area contributed by atoms with Gasteiger partial charge < -0.3 is 18.8 Å². The third-order valence-electron chi connectivity index (χ3n) is 4.43. The molecule has 8 heteroatoms. The summed E-state index contributed by atoms with van der Waals surface area (Å²) in [5.41, 5.74) is 0.786. The Kier molecular flexibility index (Phi) is 4.74. The van der Waals surface area contributed by atoms with Crippen molar-refractivity contribution >= 4 is 5.97 Å². The molecule has 1 aromatic carbocycles. The number of carboxylic acid groups (broad SMARTS) is 1. The molecular weight excluding hydrogens is 350 g/mol. The fourth-order valence-electron chi connectivity index (χ4n) is 3.15. The van der Waals surface area contributed by atoms with Crippen LogP contribution in [0.4, 0.5) is 0 Å². The Bertz CT molecular complexity index is 948. The molecule has 1 unspecified atom stereocenters. The first kappa shape index (κ1) is 17.4. The Labute approximate surface area is 155 Å². The number of aryl methyl sites for hydroxylation is 1. The van der Waals surface area contributed by atoms with Crippen LogP contribution in [0.15, 0.2) is 45.3 Å². The number of hydrogen-bond donors (Lipinski definition) is 1. The van der Waals surface area contributed by atoms with E-state index in [0.717, 1.165) is 12.3 Å². The number of furan rings is 1. The molecule has 0 radical (unpaired) electrons. The second-order valence-corrected chi connectivity index (χ2v) is 6.39. The normalized spacial score (nSPS) is 17.9. The van der Waals surface area contributed by atoms with Crippen molar-refractivity contribution in [1.82, 2.24) is 15.0 Å². The maximum absolute atomic E-state index is 11.4. The third-order valence-corrected chi connectivity index (χ3v) is 4.43. The van der Waals surface area contributed by atoms with Crippen LogP contribution < -0.4 is 0 Å². The van der Waals surface area contributed by atoms with Gasteiger partial charge >= 0.3 is 5.97 Å². The maximum Gasteiger partial charge on any atom is 0.336 e. The first-order valence-corrected chi connectivity index (χ1v) is 8.66. The standard InChI is InChI=1S/C19H19N3O5/c1-12-20-18(27-21-12)17-11-22(8-9-25-17)10-13-6-7-16(26-13)14-4-2-3-5-15(14)19(23)24/h2-7,17H,8-11H2,1H3,(H,23,24). The largest absolute Gasteiger partial charge is 0.478 e. The van der Waals surface area contributed by atoms with Crippen LogP contribution in [-0.4, -0.2) is 45.8 Å². The lowest BCUT2D eigenvalue weighted by atomic mass is 10.1. The van der Waals surface area contributed by atoms with Crippen LogP contribution in [0.2, 0.25) is 0 Å². The number of carbonyl (C=O) groups is 1. The lowest BCUT2D eigenvalue weighted by molar-refractivity contribution is -0.0489. The first-order chi connectivity index (χ1) is 13.1. The van der Waals surface area contributed by atoms with Gasteiger partial charge in [-0.25, -0.2) is 4.79 Å². The molecule has 0 saturated carbocycles. The molecule has 0 amide bonds. The average molecular weight is 369 g/mol. The van der Waals surface area contributed by atoms with Crippen LogP contribution in [0.25, 0.3) is 11.3 Å². The average Bonchev–Trinajstić information content (AvgIpc) is 3.31. The number of carboxylic acids is 1. The van der Waals surface area contributed by atoms with Crippen molar-refractivity contribution in [2.45, 2.75) is 19.6 Å². The van der Waals surface area contributed by atoms with Crippen LogP contribution in [0.5, 0.6) is 0 Å².